The van der Waals surface area contributed by atoms with Crippen LogP contribution in [0, 0.1) is 5.82 Å². The third kappa shape index (κ3) is 6.79. The number of alkyl halides is 2. The lowest BCUT2D eigenvalue weighted by Gasteiger charge is -2.20. The standard InChI is InChI=1S/C18H17Cl2F3N4O4/c1-2-27(26-18(29)30)17(28)25-7-14-13(21)3-9(6-24-14)11-4-10(19)5-12(20)16(11)31-8-15(22)23/h3-6,15,26H,2,7-8H2,1H3,(H,25,28)(H,29,30). The fourth-order valence-electron chi connectivity index (χ4n) is 2.46. The maximum atomic E-state index is 14.6. The Balaban J connectivity index is 2.23. The molecule has 0 bridgehead atoms. The van der Waals surface area contributed by atoms with Gasteiger partial charge in [-0.1, -0.05) is 23.2 Å². The van der Waals surface area contributed by atoms with Gasteiger partial charge in [0, 0.05) is 28.9 Å². The first-order valence-electron chi connectivity index (χ1n) is 8.72. The van der Waals surface area contributed by atoms with Gasteiger partial charge in [0.15, 0.2) is 0 Å². The summed E-state index contributed by atoms with van der Waals surface area (Å²) in [7, 11) is 0. The molecule has 2 aromatic rings. The van der Waals surface area contributed by atoms with Gasteiger partial charge in [0.1, 0.15) is 18.2 Å². The molecule has 0 fully saturated rings. The van der Waals surface area contributed by atoms with Crippen LogP contribution in [-0.2, 0) is 6.54 Å². The van der Waals surface area contributed by atoms with E-state index >= 15 is 0 Å². The van der Waals surface area contributed by atoms with E-state index in [1.54, 1.807) is 0 Å². The normalized spacial score (nSPS) is 10.7. The first kappa shape index (κ1) is 24.4. The van der Waals surface area contributed by atoms with Gasteiger partial charge in [0.2, 0.25) is 0 Å². The van der Waals surface area contributed by atoms with E-state index in [1.807, 2.05) is 5.43 Å². The Bertz CT molecular complexity index is 966. The first-order chi connectivity index (χ1) is 14.6. The van der Waals surface area contributed by atoms with Gasteiger partial charge < -0.3 is 15.2 Å². The van der Waals surface area contributed by atoms with Crippen LogP contribution in [0.15, 0.2) is 24.4 Å². The second-order valence-corrected chi connectivity index (χ2v) is 6.78. The van der Waals surface area contributed by atoms with Gasteiger partial charge in [0.25, 0.3) is 6.43 Å². The summed E-state index contributed by atoms with van der Waals surface area (Å²) in [4.78, 5) is 26.6. The van der Waals surface area contributed by atoms with Gasteiger partial charge in [-0.2, -0.15) is 0 Å². The van der Waals surface area contributed by atoms with E-state index in [-0.39, 0.29) is 45.7 Å². The zero-order chi connectivity index (χ0) is 23.1. The Hall–Kier alpha value is -2.92. The number of ether oxygens (including phenoxy) is 1. The number of pyridine rings is 1. The van der Waals surface area contributed by atoms with Crippen molar-refractivity contribution in [3.8, 4) is 16.9 Å². The van der Waals surface area contributed by atoms with Crippen molar-refractivity contribution in [1.82, 2.24) is 20.7 Å². The second kappa shape index (κ2) is 10.9. The molecule has 1 aromatic heterocycles. The maximum absolute atomic E-state index is 14.6. The highest BCUT2D eigenvalue weighted by atomic mass is 35.5. The molecule has 1 aromatic carbocycles. The molecule has 3 amide bonds. The molecule has 0 saturated carbocycles. The van der Waals surface area contributed by atoms with E-state index in [1.165, 1.54) is 25.3 Å². The summed E-state index contributed by atoms with van der Waals surface area (Å²) in [6, 6.07) is 2.91. The Kier molecular flexibility index (Phi) is 8.57. The van der Waals surface area contributed by atoms with E-state index < -0.39 is 31.0 Å². The number of hydrogen-bond acceptors (Lipinski definition) is 4. The number of nitrogens with zero attached hydrogens (tertiary/aromatic N) is 2. The van der Waals surface area contributed by atoms with Crippen LogP contribution in [-0.4, -0.2) is 46.8 Å². The molecule has 13 heteroatoms. The van der Waals surface area contributed by atoms with Gasteiger partial charge in [0.05, 0.1) is 17.3 Å². The number of carbonyl (C=O) groups excluding carboxylic acids is 1. The minimum Gasteiger partial charge on any atom is -0.485 e. The average molecular weight is 481 g/mol. The minimum atomic E-state index is -2.75. The molecule has 0 atom stereocenters. The van der Waals surface area contributed by atoms with Crippen LogP contribution < -0.4 is 15.5 Å². The lowest BCUT2D eigenvalue weighted by molar-refractivity contribution is 0.0822. The smallest absolute Gasteiger partial charge is 0.423 e. The maximum Gasteiger partial charge on any atom is 0.423 e. The quantitative estimate of drug-likeness (QED) is 0.504. The highest BCUT2D eigenvalue weighted by molar-refractivity contribution is 6.36. The zero-order valence-corrected chi connectivity index (χ0v) is 17.5. The molecule has 168 valence electrons. The predicted molar refractivity (Wildman–Crippen MR) is 107 cm³/mol. The molecule has 2 rings (SSSR count). The number of amides is 3. The number of nitrogens with one attached hydrogen (secondary N) is 2. The van der Waals surface area contributed by atoms with Crippen molar-refractivity contribution in [3.63, 3.8) is 0 Å². The Morgan fingerprint density at radius 3 is 2.58 bits per heavy atom. The number of halogens is 5. The molecule has 3 N–H and O–H groups in total. The van der Waals surface area contributed by atoms with Crippen molar-refractivity contribution in [2.24, 2.45) is 0 Å². The van der Waals surface area contributed by atoms with Gasteiger partial charge in [-0.15, -0.1) is 0 Å². The number of rotatable bonds is 7. The predicted octanol–water partition coefficient (Wildman–Crippen LogP) is 4.55. The third-order valence-electron chi connectivity index (χ3n) is 3.79. The fourth-order valence-corrected chi connectivity index (χ4v) is 3.00. The average Bonchev–Trinajstić information content (AvgIpc) is 2.69. The summed E-state index contributed by atoms with van der Waals surface area (Å²) in [5.41, 5.74) is 2.04. The van der Waals surface area contributed by atoms with E-state index in [4.69, 9.17) is 33.0 Å². The monoisotopic (exact) mass is 480 g/mol. The van der Waals surface area contributed by atoms with Crippen LogP contribution in [0.5, 0.6) is 5.75 Å². The summed E-state index contributed by atoms with van der Waals surface area (Å²) in [5.74, 6) is -0.921. The largest absolute Gasteiger partial charge is 0.485 e. The van der Waals surface area contributed by atoms with Crippen molar-refractivity contribution in [1.29, 1.82) is 0 Å². The lowest BCUT2D eigenvalue weighted by atomic mass is 10.1. The highest BCUT2D eigenvalue weighted by Gasteiger charge is 2.18. The fraction of sp³-hybridized carbons (Fsp3) is 0.278. The molecule has 1 heterocycles. The SMILES string of the molecule is CCN(NC(=O)O)C(=O)NCc1ncc(-c2cc(Cl)cc(Cl)c2OCC(F)F)cc1F. The van der Waals surface area contributed by atoms with Gasteiger partial charge >= 0.3 is 12.1 Å². The van der Waals surface area contributed by atoms with Crippen LogP contribution >= 0.6 is 23.2 Å². The molecule has 0 spiro atoms. The van der Waals surface area contributed by atoms with Crippen molar-refractivity contribution in [2.45, 2.75) is 19.9 Å². The van der Waals surface area contributed by atoms with Crippen molar-refractivity contribution in [2.75, 3.05) is 13.2 Å². The lowest BCUT2D eigenvalue weighted by Crippen LogP contribution is -2.50. The molecule has 0 aliphatic rings. The summed E-state index contributed by atoms with van der Waals surface area (Å²) in [6.07, 6.45) is -2.95. The van der Waals surface area contributed by atoms with Crippen LogP contribution in [0.3, 0.4) is 0 Å². The molecule has 31 heavy (non-hydrogen) atoms. The summed E-state index contributed by atoms with van der Waals surface area (Å²) in [5, 5.41) is 11.9. The first-order valence-corrected chi connectivity index (χ1v) is 9.47. The minimum absolute atomic E-state index is 0.0316. The third-order valence-corrected chi connectivity index (χ3v) is 4.29. The van der Waals surface area contributed by atoms with Crippen LogP contribution in [0.25, 0.3) is 11.1 Å². The van der Waals surface area contributed by atoms with Crippen LogP contribution in [0.1, 0.15) is 12.6 Å². The molecule has 0 saturated heterocycles. The van der Waals surface area contributed by atoms with Gasteiger partial charge in [-0.25, -0.2) is 33.2 Å². The van der Waals surface area contributed by atoms with Crippen LogP contribution in [0.4, 0.5) is 22.8 Å². The molecule has 0 radical (unpaired) electrons. The van der Waals surface area contributed by atoms with Crippen molar-refractivity contribution < 1.29 is 32.6 Å². The van der Waals surface area contributed by atoms with E-state index in [2.05, 4.69) is 10.3 Å². The second-order valence-electron chi connectivity index (χ2n) is 5.94. The highest BCUT2D eigenvalue weighted by Crippen LogP contribution is 2.39. The van der Waals surface area contributed by atoms with Gasteiger partial charge in [-0.3, -0.25) is 4.98 Å². The summed E-state index contributed by atoms with van der Waals surface area (Å²) >= 11 is 12.0. The molecular formula is C18H17Cl2F3N4O4. The molecule has 0 unspecified atom stereocenters. The number of hydrogen-bond donors (Lipinski definition) is 3. The Morgan fingerprint density at radius 1 is 1.29 bits per heavy atom. The summed E-state index contributed by atoms with van der Waals surface area (Å²) in [6.45, 7) is 0.303. The zero-order valence-electron chi connectivity index (χ0n) is 16.0. The van der Waals surface area contributed by atoms with E-state index in [9.17, 15) is 22.8 Å². The number of carbonyl (C=O) groups is 2. The number of carboxylic acid groups (broad SMARTS) is 1. The number of aromatic nitrogens is 1. The van der Waals surface area contributed by atoms with Gasteiger partial charge in [-0.05, 0) is 25.1 Å². The topological polar surface area (TPSA) is 104 Å². The molecule has 0 aliphatic carbocycles. The number of urea groups is 1. The number of hydrazine groups is 1. The Labute approximate surface area is 184 Å². The van der Waals surface area contributed by atoms with Crippen molar-refractivity contribution in [3.05, 3.63) is 46.0 Å². The molecular weight excluding hydrogens is 464 g/mol. The van der Waals surface area contributed by atoms with Crippen molar-refractivity contribution >= 4 is 35.3 Å². The summed E-state index contributed by atoms with van der Waals surface area (Å²) < 4.78 is 44.7. The van der Waals surface area contributed by atoms with E-state index in [0.29, 0.717) is 0 Å². The van der Waals surface area contributed by atoms with Crippen LogP contribution in [0.2, 0.25) is 10.0 Å². The molecule has 0 aliphatic heterocycles. The molecule has 8 nitrogen and oxygen atoms in total. The Morgan fingerprint density at radius 2 is 2.00 bits per heavy atom. The number of benzene rings is 1. The van der Waals surface area contributed by atoms with E-state index in [0.717, 1.165) is 11.1 Å².